The van der Waals surface area contributed by atoms with Gasteiger partial charge in [-0.1, -0.05) is 66.7 Å². The number of hydrogen-bond donors (Lipinski definition) is 1. The van der Waals surface area contributed by atoms with Crippen LogP contribution in [-0.2, 0) is 9.59 Å². The molecule has 0 aromatic heterocycles. The minimum atomic E-state index is -0.492. The van der Waals surface area contributed by atoms with Gasteiger partial charge in [-0.25, -0.2) is 4.90 Å². The minimum Gasteiger partial charge on any atom is -0.322 e. The van der Waals surface area contributed by atoms with E-state index in [1.807, 2.05) is 56.3 Å². The van der Waals surface area contributed by atoms with Crippen molar-refractivity contribution in [1.82, 2.24) is 0 Å². The second kappa shape index (κ2) is 8.25. The molecule has 0 unspecified atom stereocenters. The van der Waals surface area contributed by atoms with Crippen LogP contribution in [0.1, 0.15) is 55.6 Å². The van der Waals surface area contributed by atoms with E-state index in [-0.39, 0.29) is 29.6 Å². The number of nitrogens with one attached hydrogen (secondary N) is 1. The zero-order valence-electron chi connectivity index (χ0n) is 21.1. The maximum Gasteiger partial charge on any atom is 0.257 e. The van der Waals surface area contributed by atoms with Crippen LogP contribution < -0.4 is 10.2 Å². The van der Waals surface area contributed by atoms with Gasteiger partial charge in [-0.15, -0.1) is 0 Å². The molecule has 4 aliphatic rings. The number of benzene rings is 4. The summed E-state index contributed by atoms with van der Waals surface area (Å²) in [5.41, 5.74) is 8.02. The molecule has 5 nitrogen and oxygen atoms in total. The lowest BCUT2D eigenvalue weighted by Gasteiger charge is -2.45. The smallest absolute Gasteiger partial charge is 0.257 e. The van der Waals surface area contributed by atoms with E-state index in [4.69, 9.17) is 0 Å². The summed E-state index contributed by atoms with van der Waals surface area (Å²) in [5, 5.41) is 2.95. The van der Waals surface area contributed by atoms with Crippen LogP contribution in [0.3, 0.4) is 0 Å². The summed E-state index contributed by atoms with van der Waals surface area (Å²) >= 11 is 0. The predicted octanol–water partition coefficient (Wildman–Crippen LogP) is 5.95. The van der Waals surface area contributed by atoms with Crippen molar-refractivity contribution in [3.63, 3.8) is 0 Å². The monoisotopic (exact) mass is 498 g/mol. The lowest BCUT2D eigenvalue weighted by Crippen LogP contribution is -2.41. The summed E-state index contributed by atoms with van der Waals surface area (Å²) in [6, 6.07) is 29.0. The van der Waals surface area contributed by atoms with Gasteiger partial charge < -0.3 is 5.32 Å². The number of imide groups is 1. The van der Waals surface area contributed by atoms with E-state index >= 15 is 0 Å². The van der Waals surface area contributed by atoms with E-state index in [2.05, 4.69) is 29.6 Å². The van der Waals surface area contributed by atoms with Gasteiger partial charge in [0.1, 0.15) is 0 Å². The van der Waals surface area contributed by atoms with Gasteiger partial charge >= 0.3 is 0 Å². The van der Waals surface area contributed by atoms with Crippen LogP contribution in [0.5, 0.6) is 0 Å². The van der Waals surface area contributed by atoms with Crippen molar-refractivity contribution >= 4 is 29.1 Å². The minimum absolute atomic E-state index is 0.185. The van der Waals surface area contributed by atoms with Crippen molar-refractivity contribution in [2.24, 2.45) is 11.8 Å². The molecule has 0 radical (unpaired) electrons. The number of aryl methyl sites for hydroxylation is 2. The second-order valence-electron chi connectivity index (χ2n) is 10.5. The Morgan fingerprint density at radius 1 is 0.658 bits per heavy atom. The summed E-state index contributed by atoms with van der Waals surface area (Å²) < 4.78 is 0. The maximum atomic E-state index is 14.1. The molecule has 0 saturated carbocycles. The van der Waals surface area contributed by atoms with Gasteiger partial charge in [0.2, 0.25) is 11.8 Å². The van der Waals surface area contributed by atoms with Crippen molar-refractivity contribution in [1.29, 1.82) is 0 Å². The fraction of sp³-hybridized carbons (Fsp3) is 0.182. The Morgan fingerprint density at radius 2 is 1.16 bits per heavy atom. The van der Waals surface area contributed by atoms with Gasteiger partial charge in [0, 0.05) is 17.5 Å². The van der Waals surface area contributed by atoms with Crippen LogP contribution >= 0.6 is 0 Å². The Labute approximate surface area is 221 Å². The van der Waals surface area contributed by atoms with Gasteiger partial charge in [0.15, 0.2) is 0 Å². The number of para-hydroxylation sites is 1. The summed E-state index contributed by atoms with van der Waals surface area (Å²) in [6.45, 7) is 4.01. The first-order chi connectivity index (χ1) is 18.5. The maximum absolute atomic E-state index is 14.1. The Morgan fingerprint density at radius 3 is 1.68 bits per heavy atom. The predicted molar refractivity (Wildman–Crippen MR) is 146 cm³/mol. The molecule has 4 aromatic rings. The highest BCUT2D eigenvalue weighted by Crippen LogP contribution is 2.61. The molecule has 1 saturated heterocycles. The van der Waals surface area contributed by atoms with Crippen molar-refractivity contribution in [2.75, 3.05) is 10.2 Å². The first-order valence-corrected chi connectivity index (χ1v) is 13.0. The quantitative estimate of drug-likeness (QED) is 0.355. The summed E-state index contributed by atoms with van der Waals surface area (Å²) in [5.74, 6) is -2.17. The Balaban J connectivity index is 1.30. The van der Waals surface area contributed by atoms with E-state index in [9.17, 15) is 14.4 Å². The van der Waals surface area contributed by atoms with Crippen LogP contribution in [-0.4, -0.2) is 17.7 Å². The first kappa shape index (κ1) is 22.7. The third-order valence-electron chi connectivity index (χ3n) is 8.60. The molecule has 1 heterocycles. The number of anilines is 2. The number of rotatable bonds is 3. The van der Waals surface area contributed by atoms with Crippen LogP contribution in [0.2, 0.25) is 0 Å². The van der Waals surface area contributed by atoms with Gasteiger partial charge in [0.25, 0.3) is 5.91 Å². The molecule has 2 atom stereocenters. The average Bonchev–Trinajstić information content (AvgIpc) is 3.21. The van der Waals surface area contributed by atoms with Crippen molar-refractivity contribution < 1.29 is 14.4 Å². The molecule has 1 aliphatic heterocycles. The zero-order valence-corrected chi connectivity index (χ0v) is 21.1. The van der Waals surface area contributed by atoms with Crippen molar-refractivity contribution in [3.05, 3.63) is 130 Å². The molecule has 3 amide bonds. The highest BCUT2D eigenvalue weighted by molar-refractivity contribution is 6.26. The first-order valence-electron chi connectivity index (χ1n) is 13.0. The molecule has 186 valence electrons. The molecule has 0 spiro atoms. The summed E-state index contributed by atoms with van der Waals surface area (Å²) in [7, 11) is 0. The number of carbonyl (C=O) groups excluding carboxylic acids is 3. The highest BCUT2D eigenvalue weighted by Gasteiger charge is 2.62. The zero-order chi connectivity index (χ0) is 26.1. The van der Waals surface area contributed by atoms with Crippen molar-refractivity contribution in [3.8, 4) is 0 Å². The lowest BCUT2D eigenvalue weighted by molar-refractivity contribution is -0.122. The van der Waals surface area contributed by atoms with E-state index in [1.54, 1.807) is 24.3 Å². The Kier molecular flexibility index (Phi) is 4.92. The summed E-state index contributed by atoms with van der Waals surface area (Å²) in [4.78, 5) is 43.0. The third kappa shape index (κ3) is 3.08. The third-order valence-corrected chi connectivity index (χ3v) is 8.60. The van der Waals surface area contributed by atoms with Crippen LogP contribution in [0.15, 0.2) is 91.0 Å². The van der Waals surface area contributed by atoms with E-state index in [0.717, 1.165) is 33.4 Å². The molecule has 4 aromatic carbocycles. The molecule has 38 heavy (non-hydrogen) atoms. The SMILES string of the molecule is Cc1ccc(NC(=O)c2ccccc2N2C(=O)[C@H]3C4c5ccccc5C(c5ccccc54)[C@@H]3C2=O)cc1C. The fourth-order valence-electron chi connectivity index (χ4n) is 6.79. The van der Waals surface area contributed by atoms with E-state index < -0.39 is 11.8 Å². The molecular weight excluding hydrogens is 472 g/mol. The van der Waals surface area contributed by atoms with Crippen molar-refractivity contribution in [2.45, 2.75) is 25.7 Å². The lowest BCUT2D eigenvalue weighted by atomic mass is 9.55. The van der Waals surface area contributed by atoms with E-state index in [1.165, 1.54) is 4.90 Å². The fourth-order valence-corrected chi connectivity index (χ4v) is 6.79. The molecule has 5 heteroatoms. The van der Waals surface area contributed by atoms with E-state index in [0.29, 0.717) is 16.9 Å². The number of hydrogen-bond acceptors (Lipinski definition) is 3. The number of carbonyl (C=O) groups is 3. The molecule has 8 rings (SSSR count). The number of amides is 3. The van der Waals surface area contributed by atoms with Gasteiger partial charge in [0.05, 0.1) is 23.1 Å². The highest BCUT2D eigenvalue weighted by atomic mass is 16.2. The van der Waals surface area contributed by atoms with Crippen LogP contribution in [0.4, 0.5) is 11.4 Å². The Hall–Kier alpha value is -4.51. The molecule has 1 N–H and O–H groups in total. The topological polar surface area (TPSA) is 66.5 Å². The van der Waals surface area contributed by atoms with Gasteiger partial charge in [-0.2, -0.15) is 0 Å². The number of nitrogens with zero attached hydrogens (tertiary/aromatic N) is 1. The second-order valence-corrected chi connectivity index (χ2v) is 10.5. The standard InChI is InChI=1S/C33H26N2O3/c1-18-15-16-20(17-19(18)2)34-31(36)25-13-7-8-14-26(25)35-32(37)29-27-21-9-3-4-10-22(21)28(30(29)33(35)38)24-12-6-5-11-23(24)27/h3-17,27-30H,1-2H3,(H,34,36)/t27?,28?,29-,30-/m0/s1. The molecular formula is C33H26N2O3. The summed E-state index contributed by atoms with van der Waals surface area (Å²) in [6.07, 6.45) is 0. The molecule has 3 aliphatic carbocycles. The average molecular weight is 499 g/mol. The largest absolute Gasteiger partial charge is 0.322 e. The normalized spacial score (nSPS) is 22.6. The van der Waals surface area contributed by atoms with Crippen LogP contribution in [0, 0.1) is 25.7 Å². The van der Waals surface area contributed by atoms with Gasteiger partial charge in [-0.3, -0.25) is 14.4 Å². The van der Waals surface area contributed by atoms with Crippen LogP contribution in [0.25, 0.3) is 0 Å². The molecule has 1 fully saturated rings. The Bertz CT molecular complexity index is 1560. The van der Waals surface area contributed by atoms with Gasteiger partial charge in [-0.05, 0) is 71.5 Å². The molecule has 2 bridgehead atoms.